The molecule has 24 heavy (non-hydrogen) atoms. The highest BCUT2D eigenvalue weighted by Gasteiger charge is 2.33. The van der Waals surface area contributed by atoms with E-state index in [0.717, 1.165) is 10.9 Å². The van der Waals surface area contributed by atoms with Gasteiger partial charge in [0.15, 0.2) is 0 Å². The molecule has 0 saturated carbocycles. The van der Waals surface area contributed by atoms with Crippen LogP contribution < -0.4 is 5.32 Å². The number of nitrogens with zero attached hydrogens (tertiary/aromatic N) is 1. The van der Waals surface area contributed by atoms with E-state index in [1.165, 1.54) is 4.31 Å². The van der Waals surface area contributed by atoms with Crippen molar-refractivity contribution in [3.05, 3.63) is 28.7 Å². The molecule has 1 heterocycles. The Kier molecular flexibility index (Phi) is 6.09. The van der Waals surface area contributed by atoms with Crippen LogP contribution in [0.5, 0.6) is 0 Å². The molecule has 134 valence electrons. The number of piperidine rings is 1. The van der Waals surface area contributed by atoms with Crippen molar-refractivity contribution >= 4 is 31.9 Å². The third-order valence-electron chi connectivity index (χ3n) is 4.00. The molecule has 1 amide bonds. The standard InChI is InChI=1S/C17H25BrN2O3S/c1-17(2,3)12-19-16(21)13-5-4-10-20(11-13)24(22,23)15-8-6-14(18)7-9-15/h6-9,13H,4-5,10-12H2,1-3H3,(H,19,21)/t13-/m1/s1. The molecule has 2 rings (SSSR count). The molecule has 1 aromatic carbocycles. The van der Waals surface area contributed by atoms with Gasteiger partial charge in [-0.25, -0.2) is 8.42 Å². The molecule has 0 radical (unpaired) electrons. The number of carbonyl (C=O) groups is 1. The SMILES string of the molecule is CC(C)(C)CNC(=O)[C@@H]1CCCN(S(=O)(=O)c2ccc(Br)cc2)C1. The van der Waals surface area contributed by atoms with Crippen molar-refractivity contribution in [2.24, 2.45) is 11.3 Å². The van der Waals surface area contributed by atoms with Crippen molar-refractivity contribution in [3.63, 3.8) is 0 Å². The largest absolute Gasteiger partial charge is 0.355 e. The molecule has 7 heteroatoms. The Hall–Kier alpha value is -0.920. The van der Waals surface area contributed by atoms with Crippen LogP contribution in [0.3, 0.4) is 0 Å². The second kappa shape index (κ2) is 7.54. The van der Waals surface area contributed by atoms with Gasteiger partial charge in [0.2, 0.25) is 15.9 Å². The van der Waals surface area contributed by atoms with Gasteiger partial charge in [0.05, 0.1) is 10.8 Å². The molecule has 1 N–H and O–H groups in total. The summed E-state index contributed by atoms with van der Waals surface area (Å²) in [7, 11) is -3.56. The van der Waals surface area contributed by atoms with Crippen molar-refractivity contribution in [2.45, 2.75) is 38.5 Å². The summed E-state index contributed by atoms with van der Waals surface area (Å²) in [6.45, 7) is 7.45. The first-order valence-corrected chi connectivity index (χ1v) is 10.4. The van der Waals surface area contributed by atoms with Gasteiger partial charge in [-0.1, -0.05) is 36.7 Å². The summed E-state index contributed by atoms with van der Waals surface area (Å²) in [5.41, 5.74) is 0.00746. The van der Waals surface area contributed by atoms with Crippen LogP contribution in [0.1, 0.15) is 33.6 Å². The van der Waals surface area contributed by atoms with Crippen LogP contribution in [0, 0.1) is 11.3 Å². The maximum absolute atomic E-state index is 12.8. The number of sulfonamides is 1. The molecule has 1 aliphatic heterocycles. The van der Waals surface area contributed by atoms with E-state index in [1.807, 2.05) is 0 Å². The van der Waals surface area contributed by atoms with E-state index in [4.69, 9.17) is 0 Å². The van der Waals surface area contributed by atoms with Crippen LogP contribution in [0.4, 0.5) is 0 Å². The monoisotopic (exact) mass is 416 g/mol. The molecule has 0 unspecified atom stereocenters. The van der Waals surface area contributed by atoms with E-state index in [-0.39, 0.29) is 28.7 Å². The molecule has 1 atom stereocenters. The lowest BCUT2D eigenvalue weighted by molar-refractivity contribution is -0.126. The zero-order valence-electron chi connectivity index (χ0n) is 14.4. The number of halogens is 1. The van der Waals surface area contributed by atoms with Gasteiger partial charge in [0.1, 0.15) is 0 Å². The number of hydrogen-bond donors (Lipinski definition) is 1. The Balaban J connectivity index is 2.07. The van der Waals surface area contributed by atoms with Gasteiger partial charge in [-0.15, -0.1) is 0 Å². The fourth-order valence-corrected chi connectivity index (χ4v) is 4.42. The molecule has 0 aliphatic carbocycles. The highest BCUT2D eigenvalue weighted by molar-refractivity contribution is 9.10. The minimum atomic E-state index is -3.56. The molecule has 1 aromatic rings. The first-order chi connectivity index (χ1) is 11.1. The number of rotatable bonds is 4. The summed E-state index contributed by atoms with van der Waals surface area (Å²) in [5.74, 6) is -0.341. The zero-order valence-corrected chi connectivity index (χ0v) is 16.8. The molecule has 0 spiro atoms. The minimum Gasteiger partial charge on any atom is -0.355 e. The van der Waals surface area contributed by atoms with Crippen molar-refractivity contribution in [2.75, 3.05) is 19.6 Å². The fraction of sp³-hybridized carbons (Fsp3) is 0.588. The molecule has 1 saturated heterocycles. The zero-order chi connectivity index (χ0) is 18.0. The summed E-state index contributed by atoms with van der Waals surface area (Å²) in [5, 5.41) is 2.94. The van der Waals surface area contributed by atoms with E-state index in [9.17, 15) is 13.2 Å². The Morgan fingerprint density at radius 1 is 1.29 bits per heavy atom. The summed E-state index contributed by atoms with van der Waals surface area (Å²) in [6, 6.07) is 6.60. The van der Waals surface area contributed by atoms with Gasteiger partial charge in [-0.3, -0.25) is 4.79 Å². The molecular formula is C17H25BrN2O3S. The van der Waals surface area contributed by atoms with Crippen molar-refractivity contribution < 1.29 is 13.2 Å². The number of benzene rings is 1. The maximum Gasteiger partial charge on any atom is 0.243 e. The second-order valence-corrected chi connectivity index (χ2v) is 10.3. The van der Waals surface area contributed by atoms with Crippen molar-refractivity contribution in [1.82, 2.24) is 9.62 Å². The van der Waals surface area contributed by atoms with Gasteiger partial charge in [0.25, 0.3) is 0 Å². The Morgan fingerprint density at radius 2 is 1.92 bits per heavy atom. The average Bonchev–Trinajstić information content (AvgIpc) is 2.52. The van der Waals surface area contributed by atoms with Crippen LogP contribution in [0.2, 0.25) is 0 Å². The minimum absolute atomic E-state index is 0.00746. The summed E-state index contributed by atoms with van der Waals surface area (Å²) >= 11 is 3.31. The van der Waals surface area contributed by atoms with E-state index in [0.29, 0.717) is 19.5 Å². The summed E-state index contributed by atoms with van der Waals surface area (Å²) in [4.78, 5) is 12.6. The van der Waals surface area contributed by atoms with Crippen LogP contribution in [-0.2, 0) is 14.8 Å². The first kappa shape index (κ1) is 19.4. The van der Waals surface area contributed by atoms with Crippen molar-refractivity contribution in [1.29, 1.82) is 0 Å². The van der Waals surface area contributed by atoms with Crippen LogP contribution in [0.25, 0.3) is 0 Å². The van der Waals surface area contributed by atoms with Gasteiger partial charge >= 0.3 is 0 Å². The number of amides is 1. The topological polar surface area (TPSA) is 66.5 Å². The van der Waals surface area contributed by atoms with Crippen LogP contribution in [0.15, 0.2) is 33.6 Å². The predicted molar refractivity (Wildman–Crippen MR) is 98.1 cm³/mol. The highest BCUT2D eigenvalue weighted by Crippen LogP contribution is 2.25. The van der Waals surface area contributed by atoms with E-state index in [1.54, 1.807) is 24.3 Å². The number of carbonyl (C=O) groups excluding carboxylic acids is 1. The first-order valence-electron chi connectivity index (χ1n) is 8.13. The lowest BCUT2D eigenvalue weighted by Gasteiger charge is -2.32. The number of hydrogen-bond acceptors (Lipinski definition) is 3. The van der Waals surface area contributed by atoms with Gasteiger partial charge in [-0.2, -0.15) is 4.31 Å². The lowest BCUT2D eigenvalue weighted by atomic mass is 9.95. The molecule has 5 nitrogen and oxygen atoms in total. The number of nitrogens with one attached hydrogen (secondary N) is 1. The molecule has 0 aromatic heterocycles. The van der Waals surface area contributed by atoms with Crippen LogP contribution >= 0.6 is 15.9 Å². The van der Waals surface area contributed by atoms with Gasteiger partial charge < -0.3 is 5.32 Å². The average molecular weight is 417 g/mol. The van der Waals surface area contributed by atoms with Crippen LogP contribution in [-0.4, -0.2) is 38.3 Å². The summed E-state index contributed by atoms with van der Waals surface area (Å²) in [6.07, 6.45) is 1.42. The Bertz CT molecular complexity index is 681. The predicted octanol–water partition coefficient (Wildman–Crippen LogP) is 3.01. The van der Waals surface area contributed by atoms with E-state index >= 15 is 0 Å². The van der Waals surface area contributed by atoms with E-state index < -0.39 is 10.0 Å². The Morgan fingerprint density at radius 3 is 2.50 bits per heavy atom. The van der Waals surface area contributed by atoms with Crippen molar-refractivity contribution in [3.8, 4) is 0 Å². The second-order valence-electron chi connectivity index (χ2n) is 7.43. The molecule has 1 aliphatic rings. The summed E-state index contributed by atoms with van der Waals surface area (Å²) < 4.78 is 27.8. The molecule has 1 fully saturated rings. The molecule has 0 bridgehead atoms. The normalized spacial score (nSPS) is 19.9. The Labute approximate surface area is 153 Å². The van der Waals surface area contributed by atoms with Gasteiger partial charge in [0, 0.05) is 24.1 Å². The lowest BCUT2D eigenvalue weighted by Crippen LogP contribution is -2.46. The smallest absolute Gasteiger partial charge is 0.243 e. The van der Waals surface area contributed by atoms with E-state index in [2.05, 4.69) is 42.0 Å². The molecular weight excluding hydrogens is 392 g/mol. The highest BCUT2D eigenvalue weighted by atomic mass is 79.9. The fourth-order valence-electron chi connectivity index (χ4n) is 2.63. The van der Waals surface area contributed by atoms with Gasteiger partial charge in [-0.05, 0) is 42.5 Å². The maximum atomic E-state index is 12.8. The third-order valence-corrected chi connectivity index (χ3v) is 6.41. The third kappa shape index (κ3) is 5.04. The quantitative estimate of drug-likeness (QED) is 0.819.